The summed E-state index contributed by atoms with van der Waals surface area (Å²) in [5.41, 5.74) is 2.15. The Morgan fingerprint density at radius 1 is 1.48 bits per heavy atom. The average molecular weight is 295 g/mol. The molecule has 1 heterocycles. The highest BCUT2D eigenvalue weighted by molar-refractivity contribution is 8.06. The molecule has 4 heteroatoms. The van der Waals surface area contributed by atoms with E-state index in [9.17, 15) is 0 Å². The van der Waals surface area contributed by atoms with Crippen molar-refractivity contribution < 1.29 is 0 Å². The first kappa shape index (κ1) is 15.3. The Bertz CT molecular complexity index is 676. The maximum absolute atomic E-state index is 8.51. The third-order valence-electron chi connectivity index (χ3n) is 2.96. The van der Waals surface area contributed by atoms with Crippen LogP contribution in [-0.4, -0.2) is 9.97 Å². The number of aromatic nitrogens is 2. The second kappa shape index (κ2) is 7.61. The van der Waals surface area contributed by atoms with Crippen LogP contribution in [0.3, 0.4) is 0 Å². The first-order chi connectivity index (χ1) is 10.2. The van der Waals surface area contributed by atoms with Gasteiger partial charge in [0.25, 0.3) is 0 Å². The number of nitriles is 1. The molecule has 1 aromatic rings. The van der Waals surface area contributed by atoms with E-state index >= 15 is 0 Å². The second-order valence-corrected chi connectivity index (χ2v) is 5.98. The fourth-order valence-electron chi connectivity index (χ4n) is 2.04. The zero-order valence-corrected chi connectivity index (χ0v) is 13.0. The van der Waals surface area contributed by atoms with E-state index in [2.05, 4.69) is 29.0 Å². The molecule has 0 amide bonds. The Hall–Kier alpha value is -2.12. The van der Waals surface area contributed by atoms with Gasteiger partial charge in [0.2, 0.25) is 0 Å². The maximum Gasteiger partial charge on any atom is 0.125 e. The van der Waals surface area contributed by atoms with Crippen molar-refractivity contribution >= 4 is 17.3 Å². The zero-order chi connectivity index (χ0) is 15.1. The van der Waals surface area contributed by atoms with Crippen LogP contribution >= 0.6 is 11.8 Å². The number of hydrogen-bond donors (Lipinski definition) is 0. The number of aryl methyl sites for hydroxylation is 1. The van der Waals surface area contributed by atoms with Crippen molar-refractivity contribution in [3.63, 3.8) is 0 Å². The minimum absolute atomic E-state index is 0.785. The molecule has 2 rings (SSSR count). The molecule has 0 saturated heterocycles. The van der Waals surface area contributed by atoms with Gasteiger partial charge < -0.3 is 0 Å². The highest BCUT2D eigenvalue weighted by Gasteiger charge is 2.13. The van der Waals surface area contributed by atoms with Crippen LogP contribution in [0.1, 0.15) is 31.3 Å². The molecular weight excluding hydrogens is 278 g/mol. The SMILES string of the molecule is C/C(=C\C=C\C#N)SC1=C(c2ccnc(C)n2)C=CCC1. The summed E-state index contributed by atoms with van der Waals surface area (Å²) in [6.07, 6.45) is 13.4. The first-order valence-electron chi connectivity index (χ1n) is 6.81. The third-order valence-corrected chi connectivity index (χ3v) is 4.09. The Morgan fingerprint density at radius 2 is 2.33 bits per heavy atom. The molecule has 0 atom stereocenters. The molecule has 0 aromatic carbocycles. The van der Waals surface area contributed by atoms with E-state index in [-0.39, 0.29) is 0 Å². The van der Waals surface area contributed by atoms with E-state index in [0.717, 1.165) is 29.3 Å². The molecular formula is C17H17N3S. The Balaban J connectivity index is 2.29. The van der Waals surface area contributed by atoms with Crippen LogP contribution in [0.25, 0.3) is 5.57 Å². The minimum Gasteiger partial charge on any atom is -0.242 e. The lowest BCUT2D eigenvalue weighted by Gasteiger charge is -2.15. The van der Waals surface area contributed by atoms with Gasteiger partial charge in [-0.2, -0.15) is 5.26 Å². The molecule has 0 radical (unpaired) electrons. The van der Waals surface area contributed by atoms with Crippen LogP contribution in [0.5, 0.6) is 0 Å². The van der Waals surface area contributed by atoms with Crippen molar-refractivity contribution in [3.8, 4) is 6.07 Å². The summed E-state index contributed by atoms with van der Waals surface area (Å²) in [6, 6.07) is 3.94. The van der Waals surface area contributed by atoms with Gasteiger partial charge in [0, 0.05) is 17.8 Å². The predicted molar refractivity (Wildman–Crippen MR) is 88.2 cm³/mol. The monoisotopic (exact) mass is 295 g/mol. The number of hydrogen-bond acceptors (Lipinski definition) is 4. The van der Waals surface area contributed by atoms with E-state index in [1.807, 2.05) is 25.1 Å². The second-order valence-electron chi connectivity index (χ2n) is 4.63. The highest BCUT2D eigenvalue weighted by atomic mass is 32.2. The number of thioether (sulfide) groups is 1. The molecule has 21 heavy (non-hydrogen) atoms. The van der Waals surface area contributed by atoms with Gasteiger partial charge in [-0.1, -0.05) is 36.1 Å². The summed E-state index contributed by atoms with van der Waals surface area (Å²) in [4.78, 5) is 11.2. The summed E-state index contributed by atoms with van der Waals surface area (Å²) in [5, 5.41) is 8.51. The summed E-state index contributed by atoms with van der Waals surface area (Å²) in [6.45, 7) is 3.96. The van der Waals surface area contributed by atoms with Crippen LogP contribution < -0.4 is 0 Å². The Labute approximate surface area is 129 Å². The number of rotatable bonds is 4. The van der Waals surface area contributed by atoms with Gasteiger partial charge in [0.05, 0.1) is 11.8 Å². The highest BCUT2D eigenvalue weighted by Crippen LogP contribution is 2.37. The Morgan fingerprint density at radius 3 is 3.10 bits per heavy atom. The Kier molecular flexibility index (Phi) is 5.53. The molecule has 0 unspecified atom stereocenters. The summed E-state index contributed by atoms with van der Waals surface area (Å²) in [5.74, 6) is 0.785. The molecule has 0 bridgehead atoms. The van der Waals surface area contributed by atoms with Crippen LogP contribution in [0.4, 0.5) is 0 Å². The van der Waals surface area contributed by atoms with E-state index in [4.69, 9.17) is 5.26 Å². The van der Waals surface area contributed by atoms with E-state index in [1.54, 1.807) is 24.0 Å². The third kappa shape index (κ3) is 4.44. The average Bonchev–Trinajstić information content (AvgIpc) is 2.48. The largest absolute Gasteiger partial charge is 0.242 e. The van der Waals surface area contributed by atoms with Gasteiger partial charge in [0.15, 0.2) is 0 Å². The molecule has 0 N–H and O–H groups in total. The van der Waals surface area contributed by atoms with Gasteiger partial charge in [0.1, 0.15) is 5.82 Å². The molecule has 1 aromatic heterocycles. The van der Waals surface area contributed by atoms with Crippen LogP contribution in [-0.2, 0) is 0 Å². The van der Waals surface area contributed by atoms with E-state index < -0.39 is 0 Å². The molecule has 1 aliphatic rings. The summed E-state index contributed by atoms with van der Waals surface area (Å²) >= 11 is 1.75. The predicted octanol–water partition coefficient (Wildman–Crippen LogP) is 4.56. The van der Waals surface area contributed by atoms with Gasteiger partial charge in [-0.3, -0.25) is 0 Å². The minimum atomic E-state index is 0.785. The van der Waals surface area contributed by atoms with Crippen LogP contribution in [0.2, 0.25) is 0 Å². The van der Waals surface area contributed by atoms with Gasteiger partial charge in [-0.05, 0) is 42.6 Å². The molecule has 0 spiro atoms. The van der Waals surface area contributed by atoms with Crippen molar-refractivity contribution in [1.29, 1.82) is 5.26 Å². The molecule has 0 fully saturated rings. The normalized spacial score (nSPS) is 15.6. The fraction of sp³-hybridized carbons (Fsp3) is 0.235. The standard InChI is InChI=1S/C17H17N3S/c1-13(7-5-6-11-18)21-17-9-4-3-8-15(17)16-10-12-19-14(2)20-16/h3,5-8,10,12H,4,9H2,1-2H3/b6-5+,13-7+. The summed E-state index contributed by atoms with van der Waals surface area (Å²) < 4.78 is 0. The molecule has 0 aliphatic heterocycles. The van der Waals surface area contributed by atoms with Crippen molar-refractivity contribution in [2.24, 2.45) is 0 Å². The van der Waals surface area contributed by atoms with Crippen molar-refractivity contribution in [2.75, 3.05) is 0 Å². The van der Waals surface area contributed by atoms with Gasteiger partial charge in [-0.15, -0.1) is 0 Å². The van der Waals surface area contributed by atoms with Gasteiger partial charge >= 0.3 is 0 Å². The van der Waals surface area contributed by atoms with Gasteiger partial charge in [-0.25, -0.2) is 9.97 Å². The smallest absolute Gasteiger partial charge is 0.125 e. The molecule has 3 nitrogen and oxygen atoms in total. The maximum atomic E-state index is 8.51. The van der Waals surface area contributed by atoms with E-state index in [0.29, 0.717) is 0 Å². The first-order valence-corrected chi connectivity index (χ1v) is 7.63. The zero-order valence-electron chi connectivity index (χ0n) is 12.2. The molecule has 0 saturated carbocycles. The lowest BCUT2D eigenvalue weighted by molar-refractivity contribution is 1.00. The van der Waals surface area contributed by atoms with Crippen molar-refractivity contribution in [3.05, 3.63) is 64.0 Å². The lowest BCUT2D eigenvalue weighted by Crippen LogP contribution is -1.97. The number of allylic oxidation sites excluding steroid dienone is 8. The quantitative estimate of drug-likeness (QED) is 0.603. The van der Waals surface area contributed by atoms with E-state index in [1.165, 1.54) is 16.6 Å². The van der Waals surface area contributed by atoms with Crippen LogP contribution in [0.15, 0.2) is 52.5 Å². The van der Waals surface area contributed by atoms with Crippen molar-refractivity contribution in [2.45, 2.75) is 26.7 Å². The molecule has 106 valence electrons. The topological polar surface area (TPSA) is 49.6 Å². The molecule has 1 aliphatic carbocycles. The lowest BCUT2D eigenvalue weighted by atomic mass is 10.0. The summed E-state index contributed by atoms with van der Waals surface area (Å²) in [7, 11) is 0. The van der Waals surface area contributed by atoms with Crippen LogP contribution in [0, 0.1) is 18.3 Å². The van der Waals surface area contributed by atoms with Crippen molar-refractivity contribution in [1.82, 2.24) is 9.97 Å². The number of nitrogens with zero attached hydrogens (tertiary/aromatic N) is 3. The fourth-order valence-corrected chi connectivity index (χ4v) is 3.08.